The zero-order valence-electron chi connectivity index (χ0n) is 15.1. The molecule has 0 atom stereocenters. The van der Waals surface area contributed by atoms with Crippen LogP contribution in [0.1, 0.15) is 11.1 Å². The number of fused-ring (bicyclic) bond motifs is 1. The molecule has 140 valence electrons. The number of benzene rings is 2. The van der Waals surface area contributed by atoms with Gasteiger partial charge in [-0.1, -0.05) is 48.5 Å². The van der Waals surface area contributed by atoms with Crippen LogP contribution in [-0.2, 0) is 23.1 Å². The average molecular weight is 389 g/mol. The van der Waals surface area contributed by atoms with Gasteiger partial charge < -0.3 is 0 Å². The molecule has 0 unspecified atom stereocenters. The first kappa shape index (κ1) is 18.3. The SMILES string of the molecule is O=S(=O)(c1cccc2ccccc12)N(Cc1cccnc1)Cc1cccnc1. The minimum atomic E-state index is -3.75. The Hall–Kier alpha value is -3.09. The van der Waals surface area contributed by atoms with E-state index in [1.54, 1.807) is 36.9 Å². The molecule has 0 saturated carbocycles. The second-order valence-corrected chi connectivity index (χ2v) is 8.38. The molecule has 0 aliphatic carbocycles. The fraction of sp³-hybridized carbons (Fsp3) is 0.0909. The maximum absolute atomic E-state index is 13.6. The minimum Gasteiger partial charge on any atom is -0.264 e. The molecule has 0 amide bonds. The van der Waals surface area contributed by atoms with Crippen LogP contribution >= 0.6 is 0 Å². The van der Waals surface area contributed by atoms with Crippen molar-refractivity contribution >= 4 is 20.8 Å². The zero-order chi connectivity index (χ0) is 19.4. The highest BCUT2D eigenvalue weighted by Gasteiger charge is 2.26. The van der Waals surface area contributed by atoms with Gasteiger partial charge in [0.05, 0.1) is 4.90 Å². The Balaban J connectivity index is 1.79. The summed E-state index contributed by atoms with van der Waals surface area (Å²) in [4.78, 5) is 8.54. The van der Waals surface area contributed by atoms with Crippen LogP contribution in [0.15, 0.2) is 96.4 Å². The van der Waals surface area contributed by atoms with E-state index in [0.29, 0.717) is 10.3 Å². The maximum atomic E-state index is 13.6. The van der Waals surface area contributed by atoms with E-state index in [0.717, 1.165) is 16.5 Å². The Kier molecular flexibility index (Phi) is 5.14. The Morgan fingerprint density at radius 1 is 0.714 bits per heavy atom. The molecule has 0 aliphatic heterocycles. The molecule has 4 aromatic rings. The Bertz CT molecular complexity index is 1130. The van der Waals surface area contributed by atoms with Crippen LogP contribution in [-0.4, -0.2) is 22.7 Å². The molecule has 2 heterocycles. The zero-order valence-corrected chi connectivity index (χ0v) is 16.0. The molecular weight excluding hydrogens is 370 g/mol. The second-order valence-electron chi connectivity index (χ2n) is 6.47. The van der Waals surface area contributed by atoms with E-state index < -0.39 is 10.0 Å². The lowest BCUT2D eigenvalue weighted by atomic mass is 10.1. The van der Waals surface area contributed by atoms with E-state index in [1.807, 2.05) is 54.6 Å². The number of aromatic nitrogens is 2. The molecule has 6 heteroatoms. The number of sulfonamides is 1. The summed E-state index contributed by atoms with van der Waals surface area (Å²) >= 11 is 0. The van der Waals surface area contributed by atoms with Gasteiger partial charge in [0.15, 0.2) is 0 Å². The van der Waals surface area contributed by atoms with Crippen molar-refractivity contribution in [2.75, 3.05) is 0 Å². The van der Waals surface area contributed by atoms with Gasteiger partial charge >= 0.3 is 0 Å². The number of hydrogen-bond donors (Lipinski definition) is 0. The van der Waals surface area contributed by atoms with E-state index >= 15 is 0 Å². The van der Waals surface area contributed by atoms with Crippen LogP contribution in [0.2, 0.25) is 0 Å². The summed E-state index contributed by atoms with van der Waals surface area (Å²) in [6, 6.07) is 20.2. The maximum Gasteiger partial charge on any atom is 0.244 e. The molecular formula is C22H19N3O2S. The van der Waals surface area contributed by atoms with Gasteiger partial charge in [-0.3, -0.25) is 9.97 Å². The van der Waals surface area contributed by atoms with E-state index in [1.165, 1.54) is 4.31 Å². The van der Waals surface area contributed by atoms with E-state index in [2.05, 4.69) is 9.97 Å². The summed E-state index contributed by atoms with van der Waals surface area (Å²) < 4.78 is 28.8. The Morgan fingerprint density at radius 3 is 1.93 bits per heavy atom. The van der Waals surface area contributed by atoms with E-state index in [4.69, 9.17) is 0 Å². The van der Waals surface area contributed by atoms with Gasteiger partial charge in [0.1, 0.15) is 0 Å². The monoisotopic (exact) mass is 389 g/mol. The van der Waals surface area contributed by atoms with Gasteiger partial charge in [-0.2, -0.15) is 4.31 Å². The van der Waals surface area contributed by atoms with Crippen LogP contribution in [0.25, 0.3) is 10.8 Å². The molecule has 0 saturated heterocycles. The Labute approximate surface area is 164 Å². The molecule has 0 aliphatic rings. The summed E-state index contributed by atoms with van der Waals surface area (Å²) in [6.45, 7) is 0.461. The fourth-order valence-corrected chi connectivity index (χ4v) is 4.81. The molecule has 0 spiro atoms. The van der Waals surface area contributed by atoms with Crippen LogP contribution in [0.4, 0.5) is 0 Å². The Morgan fingerprint density at radius 2 is 1.32 bits per heavy atom. The van der Waals surface area contributed by atoms with Gasteiger partial charge in [0, 0.05) is 43.3 Å². The molecule has 0 radical (unpaired) electrons. The predicted molar refractivity (Wildman–Crippen MR) is 109 cm³/mol. The lowest BCUT2D eigenvalue weighted by molar-refractivity contribution is 0.401. The van der Waals surface area contributed by atoms with Crippen molar-refractivity contribution in [3.05, 3.63) is 103 Å². The molecule has 2 aromatic heterocycles. The quantitative estimate of drug-likeness (QED) is 0.500. The van der Waals surface area contributed by atoms with Gasteiger partial charge in [0.25, 0.3) is 0 Å². The van der Waals surface area contributed by atoms with Crippen molar-refractivity contribution in [1.82, 2.24) is 14.3 Å². The van der Waals surface area contributed by atoms with E-state index in [-0.39, 0.29) is 13.1 Å². The smallest absolute Gasteiger partial charge is 0.244 e. The molecule has 2 aromatic carbocycles. The number of nitrogens with zero attached hydrogens (tertiary/aromatic N) is 3. The van der Waals surface area contributed by atoms with Crippen molar-refractivity contribution in [2.45, 2.75) is 18.0 Å². The number of pyridine rings is 2. The topological polar surface area (TPSA) is 63.2 Å². The van der Waals surface area contributed by atoms with Crippen molar-refractivity contribution in [3.63, 3.8) is 0 Å². The molecule has 0 N–H and O–H groups in total. The van der Waals surface area contributed by atoms with Gasteiger partial charge in [-0.15, -0.1) is 0 Å². The van der Waals surface area contributed by atoms with Crippen LogP contribution in [0.3, 0.4) is 0 Å². The highest BCUT2D eigenvalue weighted by Crippen LogP contribution is 2.27. The molecule has 28 heavy (non-hydrogen) atoms. The van der Waals surface area contributed by atoms with Gasteiger partial charge in [-0.05, 0) is 34.7 Å². The van der Waals surface area contributed by atoms with Crippen molar-refractivity contribution in [2.24, 2.45) is 0 Å². The molecule has 0 bridgehead atoms. The summed E-state index contributed by atoms with van der Waals surface area (Å²) in [6.07, 6.45) is 6.73. The average Bonchev–Trinajstić information content (AvgIpc) is 2.74. The first-order valence-electron chi connectivity index (χ1n) is 8.90. The largest absolute Gasteiger partial charge is 0.264 e. The second kappa shape index (κ2) is 7.88. The lowest BCUT2D eigenvalue weighted by Gasteiger charge is -2.23. The normalized spacial score (nSPS) is 11.8. The summed E-state index contributed by atoms with van der Waals surface area (Å²) in [7, 11) is -3.75. The molecule has 0 fully saturated rings. The van der Waals surface area contributed by atoms with E-state index in [9.17, 15) is 8.42 Å². The van der Waals surface area contributed by atoms with Crippen LogP contribution in [0, 0.1) is 0 Å². The highest BCUT2D eigenvalue weighted by molar-refractivity contribution is 7.89. The molecule has 5 nitrogen and oxygen atoms in total. The van der Waals surface area contributed by atoms with Crippen LogP contribution < -0.4 is 0 Å². The number of hydrogen-bond acceptors (Lipinski definition) is 4. The third kappa shape index (κ3) is 3.78. The summed E-state index contributed by atoms with van der Waals surface area (Å²) in [5.74, 6) is 0. The number of rotatable bonds is 6. The summed E-state index contributed by atoms with van der Waals surface area (Å²) in [5, 5.41) is 1.61. The van der Waals surface area contributed by atoms with Gasteiger partial charge in [-0.25, -0.2) is 8.42 Å². The van der Waals surface area contributed by atoms with Crippen molar-refractivity contribution in [1.29, 1.82) is 0 Å². The van der Waals surface area contributed by atoms with Gasteiger partial charge in [0.2, 0.25) is 10.0 Å². The molecule has 4 rings (SSSR count). The third-order valence-corrected chi connectivity index (χ3v) is 6.38. The van der Waals surface area contributed by atoms with Crippen molar-refractivity contribution < 1.29 is 8.42 Å². The first-order chi connectivity index (χ1) is 13.6. The fourth-order valence-electron chi connectivity index (χ4n) is 3.18. The summed E-state index contributed by atoms with van der Waals surface area (Å²) in [5.41, 5.74) is 1.66. The lowest BCUT2D eigenvalue weighted by Crippen LogP contribution is -2.30. The minimum absolute atomic E-state index is 0.230. The highest BCUT2D eigenvalue weighted by atomic mass is 32.2. The predicted octanol–water partition coefficient (Wildman–Crippen LogP) is 4.02. The first-order valence-corrected chi connectivity index (χ1v) is 10.3. The third-order valence-electron chi connectivity index (χ3n) is 4.53. The van der Waals surface area contributed by atoms with Crippen molar-refractivity contribution in [3.8, 4) is 0 Å². The van der Waals surface area contributed by atoms with Crippen LogP contribution in [0.5, 0.6) is 0 Å². The standard InChI is InChI=1S/C22H19N3O2S/c26-28(27,22-11-3-9-20-8-1-2-10-21(20)22)25(16-18-6-4-12-23-14-18)17-19-7-5-13-24-15-19/h1-15H,16-17H2.